The monoisotopic (exact) mass is 288 g/mol. The number of carbonyl (C=O) groups is 1. The highest BCUT2D eigenvalue weighted by molar-refractivity contribution is 5.97. The Balaban J connectivity index is 1.89. The second-order valence-corrected chi connectivity index (χ2v) is 6.20. The van der Waals surface area contributed by atoms with Crippen LogP contribution in [-0.4, -0.2) is 35.6 Å². The minimum atomic E-state index is -0.392. The van der Waals surface area contributed by atoms with Crippen molar-refractivity contribution in [3.05, 3.63) is 23.9 Å². The van der Waals surface area contributed by atoms with Gasteiger partial charge in [0.2, 0.25) is 0 Å². The fourth-order valence-corrected chi connectivity index (χ4v) is 3.80. The van der Waals surface area contributed by atoms with E-state index in [0.29, 0.717) is 23.7 Å². The molecule has 3 rings (SSSR count). The average molecular weight is 288 g/mol. The third kappa shape index (κ3) is 2.88. The van der Waals surface area contributed by atoms with Crippen LogP contribution in [0.3, 0.4) is 0 Å². The first kappa shape index (κ1) is 14.3. The normalized spacial score (nSPS) is 27.6. The number of anilines is 1. The lowest BCUT2D eigenvalue weighted by atomic mass is 9.97. The van der Waals surface area contributed by atoms with E-state index in [1.807, 2.05) is 0 Å². The Hall–Kier alpha value is -1.62. The minimum Gasteiger partial charge on any atom is -0.365 e. The standard InChI is InChI=1S/C16H24N4O/c1-2-8-20(13-9-11-5-6-12(10-13)19-11)16-14(15(17)21)4-3-7-18-16/h3-4,7,11-13,19H,2,5-6,8-10H2,1H3,(H2,17,21). The van der Waals surface area contributed by atoms with Gasteiger partial charge in [0.15, 0.2) is 0 Å². The van der Waals surface area contributed by atoms with Crippen LogP contribution in [0.15, 0.2) is 18.3 Å². The number of piperidine rings is 1. The molecule has 5 heteroatoms. The average Bonchev–Trinajstić information content (AvgIpc) is 2.83. The molecule has 1 aromatic heterocycles. The summed E-state index contributed by atoms with van der Waals surface area (Å²) in [6.45, 7) is 3.08. The molecule has 0 saturated carbocycles. The first-order chi connectivity index (χ1) is 10.2. The summed E-state index contributed by atoms with van der Waals surface area (Å²) >= 11 is 0. The van der Waals surface area contributed by atoms with E-state index in [0.717, 1.165) is 31.6 Å². The summed E-state index contributed by atoms with van der Waals surface area (Å²) in [5, 5.41) is 3.67. The molecule has 5 nitrogen and oxygen atoms in total. The van der Waals surface area contributed by atoms with Crippen molar-refractivity contribution in [1.29, 1.82) is 0 Å². The van der Waals surface area contributed by atoms with E-state index < -0.39 is 5.91 Å². The highest BCUT2D eigenvalue weighted by Gasteiger charge is 2.36. The molecule has 2 aliphatic rings. The molecule has 2 unspecified atom stereocenters. The predicted molar refractivity (Wildman–Crippen MR) is 83.4 cm³/mol. The van der Waals surface area contributed by atoms with Crippen molar-refractivity contribution in [3.8, 4) is 0 Å². The molecule has 0 aromatic carbocycles. The number of primary amides is 1. The zero-order valence-corrected chi connectivity index (χ0v) is 12.6. The van der Waals surface area contributed by atoms with Gasteiger partial charge in [-0.25, -0.2) is 4.98 Å². The molecule has 114 valence electrons. The first-order valence-electron chi connectivity index (χ1n) is 7.96. The Kier molecular flexibility index (Phi) is 4.10. The van der Waals surface area contributed by atoms with Crippen molar-refractivity contribution in [1.82, 2.24) is 10.3 Å². The lowest BCUT2D eigenvalue weighted by Crippen LogP contribution is -2.49. The van der Waals surface area contributed by atoms with E-state index in [4.69, 9.17) is 5.73 Å². The quantitative estimate of drug-likeness (QED) is 0.865. The number of amides is 1. The fraction of sp³-hybridized carbons (Fsp3) is 0.625. The molecule has 1 amide bonds. The van der Waals surface area contributed by atoms with E-state index in [-0.39, 0.29) is 0 Å². The third-order valence-electron chi connectivity index (χ3n) is 4.68. The number of hydrogen-bond acceptors (Lipinski definition) is 4. The molecule has 3 N–H and O–H groups in total. The Morgan fingerprint density at radius 2 is 2.14 bits per heavy atom. The Bertz CT molecular complexity index is 507. The summed E-state index contributed by atoms with van der Waals surface area (Å²) in [6, 6.07) is 5.25. The third-order valence-corrected chi connectivity index (χ3v) is 4.68. The molecule has 21 heavy (non-hydrogen) atoms. The molecule has 2 atom stereocenters. The topological polar surface area (TPSA) is 71.2 Å². The minimum absolute atomic E-state index is 0.392. The van der Waals surface area contributed by atoms with Gasteiger partial charge in [0.05, 0.1) is 5.56 Å². The molecule has 2 saturated heterocycles. The molecular weight excluding hydrogens is 264 g/mol. The number of nitrogens with zero attached hydrogens (tertiary/aromatic N) is 2. The van der Waals surface area contributed by atoms with Crippen molar-refractivity contribution in [2.75, 3.05) is 11.4 Å². The van der Waals surface area contributed by atoms with Crippen LogP contribution in [0.4, 0.5) is 5.82 Å². The van der Waals surface area contributed by atoms with Crippen LogP contribution in [0, 0.1) is 0 Å². The summed E-state index contributed by atoms with van der Waals surface area (Å²) in [5.41, 5.74) is 6.07. The van der Waals surface area contributed by atoms with Crippen molar-refractivity contribution < 1.29 is 4.79 Å². The lowest BCUT2D eigenvalue weighted by Gasteiger charge is -2.39. The highest BCUT2D eigenvalue weighted by Crippen LogP contribution is 2.32. The molecule has 2 fully saturated rings. The van der Waals surface area contributed by atoms with Crippen molar-refractivity contribution >= 4 is 11.7 Å². The SMILES string of the molecule is CCCN(c1ncccc1C(N)=O)C1CC2CCC(C1)N2. The smallest absolute Gasteiger partial charge is 0.252 e. The van der Waals surface area contributed by atoms with E-state index >= 15 is 0 Å². The van der Waals surface area contributed by atoms with Crippen LogP contribution in [-0.2, 0) is 0 Å². The highest BCUT2D eigenvalue weighted by atomic mass is 16.1. The second kappa shape index (κ2) is 6.02. The summed E-state index contributed by atoms with van der Waals surface area (Å²) < 4.78 is 0. The Morgan fingerprint density at radius 3 is 2.76 bits per heavy atom. The summed E-state index contributed by atoms with van der Waals surface area (Å²) in [7, 11) is 0. The van der Waals surface area contributed by atoms with Gasteiger partial charge in [-0.3, -0.25) is 4.79 Å². The summed E-state index contributed by atoms with van der Waals surface area (Å²) in [5.74, 6) is 0.370. The van der Waals surface area contributed by atoms with Gasteiger partial charge in [-0.1, -0.05) is 6.92 Å². The number of fused-ring (bicyclic) bond motifs is 2. The van der Waals surface area contributed by atoms with Gasteiger partial charge in [-0.2, -0.15) is 0 Å². The van der Waals surface area contributed by atoms with Crippen LogP contribution >= 0.6 is 0 Å². The molecule has 0 aliphatic carbocycles. The van der Waals surface area contributed by atoms with Gasteiger partial charge in [0, 0.05) is 30.9 Å². The number of hydrogen-bond donors (Lipinski definition) is 2. The van der Waals surface area contributed by atoms with Crippen molar-refractivity contribution in [3.63, 3.8) is 0 Å². The van der Waals surface area contributed by atoms with Gasteiger partial charge < -0.3 is 16.0 Å². The Morgan fingerprint density at radius 1 is 1.43 bits per heavy atom. The van der Waals surface area contributed by atoms with Gasteiger partial charge in [-0.15, -0.1) is 0 Å². The van der Waals surface area contributed by atoms with E-state index in [1.54, 1.807) is 18.3 Å². The van der Waals surface area contributed by atoms with Gasteiger partial charge in [0.1, 0.15) is 5.82 Å². The number of aromatic nitrogens is 1. The summed E-state index contributed by atoms with van der Waals surface area (Å²) in [4.78, 5) is 18.5. The van der Waals surface area contributed by atoms with E-state index in [1.165, 1.54) is 12.8 Å². The number of carbonyl (C=O) groups excluding carboxylic acids is 1. The molecule has 3 heterocycles. The predicted octanol–water partition coefficient (Wildman–Crippen LogP) is 1.68. The van der Waals surface area contributed by atoms with Crippen molar-refractivity contribution in [2.45, 2.75) is 57.2 Å². The zero-order chi connectivity index (χ0) is 14.8. The Labute approximate surface area is 125 Å². The molecule has 2 bridgehead atoms. The summed E-state index contributed by atoms with van der Waals surface area (Å²) in [6.07, 6.45) is 7.59. The van der Waals surface area contributed by atoms with E-state index in [2.05, 4.69) is 22.1 Å². The molecule has 0 spiro atoms. The molecule has 2 aliphatic heterocycles. The maximum atomic E-state index is 11.7. The van der Waals surface area contributed by atoms with Crippen LogP contribution in [0.25, 0.3) is 0 Å². The van der Waals surface area contributed by atoms with Gasteiger partial charge in [-0.05, 0) is 44.2 Å². The second-order valence-electron chi connectivity index (χ2n) is 6.20. The number of rotatable bonds is 5. The van der Waals surface area contributed by atoms with Crippen LogP contribution in [0.5, 0.6) is 0 Å². The maximum absolute atomic E-state index is 11.7. The van der Waals surface area contributed by atoms with Crippen LogP contribution in [0.2, 0.25) is 0 Å². The lowest BCUT2D eigenvalue weighted by molar-refractivity contribution is 0.100. The largest absolute Gasteiger partial charge is 0.365 e. The van der Waals surface area contributed by atoms with Crippen molar-refractivity contribution in [2.24, 2.45) is 5.73 Å². The number of nitrogens with two attached hydrogens (primary N) is 1. The van der Waals surface area contributed by atoms with E-state index in [9.17, 15) is 4.79 Å². The fourth-order valence-electron chi connectivity index (χ4n) is 3.80. The molecule has 1 aromatic rings. The van der Waals surface area contributed by atoms with Crippen LogP contribution in [0.1, 0.15) is 49.4 Å². The van der Waals surface area contributed by atoms with Gasteiger partial charge in [0.25, 0.3) is 5.91 Å². The number of nitrogens with one attached hydrogen (secondary N) is 1. The molecule has 0 radical (unpaired) electrons. The first-order valence-corrected chi connectivity index (χ1v) is 7.96. The molecular formula is C16H24N4O. The maximum Gasteiger partial charge on any atom is 0.252 e. The number of pyridine rings is 1. The van der Waals surface area contributed by atoms with Gasteiger partial charge >= 0.3 is 0 Å². The zero-order valence-electron chi connectivity index (χ0n) is 12.6. The van der Waals surface area contributed by atoms with Crippen LogP contribution < -0.4 is 16.0 Å².